The number of ether oxygens (including phenoxy) is 2. The van der Waals surface area contributed by atoms with E-state index in [1.54, 1.807) is 20.3 Å². The third-order valence-corrected chi connectivity index (χ3v) is 4.10. The Balaban J connectivity index is 1.66. The highest BCUT2D eigenvalue weighted by molar-refractivity contribution is 5.84. The minimum atomic E-state index is 0.399. The number of fused-ring (bicyclic) bond motifs is 1. The summed E-state index contributed by atoms with van der Waals surface area (Å²) in [7, 11) is 3.21. The molecule has 0 unspecified atom stereocenters. The van der Waals surface area contributed by atoms with Gasteiger partial charge in [-0.15, -0.1) is 0 Å². The highest BCUT2D eigenvalue weighted by Crippen LogP contribution is 2.28. The number of hydrogen-bond acceptors (Lipinski definition) is 6. The van der Waals surface area contributed by atoms with Gasteiger partial charge < -0.3 is 14.0 Å². The molecule has 4 aromatic rings. The van der Waals surface area contributed by atoms with Crippen LogP contribution in [-0.2, 0) is 0 Å². The highest BCUT2D eigenvalue weighted by Gasteiger charge is 2.12. The van der Waals surface area contributed by atoms with Crippen LogP contribution in [0.15, 0.2) is 59.1 Å². The first kappa shape index (κ1) is 16.8. The van der Waals surface area contributed by atoms with E-state index in [1.807, 2.05) is 60.7 Å². The maximum absolute atomic E-state index is 5.40. The van der Waals surface area contributed by atoms with Crippen molar-refractivity contribution in [1.29, 1.82) is 0 Å². The summed E-state index contributed by atoms with van der Waals surface area (Å²) in [5.41, 5.74) is 2.46. The third kappa shape index (κ3) is 3.37. The highest BCUT2D eigenvalue weighted by atomic mass is 16.5. The topological polar surface area (TPSA) is 70.3 Å². The van der Waals surface area contributed by atoms with E-state index in [2.05, 4.69) is 15.1 Å². The molecule has 6 heteroatoms. The number of rotatable bonds is 5. The number of nitrogens with zero attached hydrogens (tertiary/aromatic N) is 3. The van der Waals surface area contributed by atoms with Crippen molar-refractivity contribution in [2.24, 2.45) is 0 Å². The molecule has 0 radical (unpaired) electrons. The maximum atomic E-state index is 5.40. The summed E-state index contributed by atoms with van der Waals surface area (Å²) in [5, 5.41) is 5.04. The minimum absolute atomic E-state index is 0.399. The molecule has 0 aliphatic rings. The summed E-state index contributed by atoms with van der Waals surface area (Å²) in [5.74, 6) is 2.07. The summed E-state index contributed by atoms with van der Waals surface area (Å²) in [6.07, 6.45) is 3.62. The predicted octanol–water partition coefficient (Wildman–Crippen LogP) is 4.47. The summed E-state index contributed by atoms with van der Waals surface area (Å²) < 4.78 is 16.1. The molecular weight excluding hydrogens is 342 g/mol. The van der Waals surface area contributed by atoms with Crippen LogP contribution in [0, 0.1) is 0 Å². The zero-order chi connectivity index (χ0) is 18.6. The van der Waals surface area contributed by atoms with Crippen molar-refractivity contribution in [2.45, 2.75) is 0 Å². The summed E-state index contributed by atoms with van der Waals surface area (Å²) >= 11 is 0. The Morgan fingerprint density at radius 2 is 1.70 bits per heavy atom. The van der Waals surface area contributed by atoms with Crippen molar-refractivity contribution < 1.29 is 14.0 Å². The Morgan fingerprint density at radius 1 is 0.889 bits per heavy atom. The Bertz CT molecular complexity index is 1120. The van der Waals surface area contributed by atoms with E-state index in [4.69, 9.17) is 14.0 Å². The molecule has 27 heavy (non-hydrogen) atoms. The number of para-hydroxylation sites is 2. The first-order chi connectivity index (χ1) is 13.3. The molecule has 0 N–H and O–H groups in total. The quantitative estimate of drug-likeness (QED) is 0.523. The maximum Gasteiger partial charge on any atom is 0.261 e. The van der Waals surface area contributed by atoms with Crippen LogP contribution < -0.4 is 9.47 Å². The van der Waals surface area contributed by atoms with Gasteiger partial charge in [0.15, 0.2) is 5.82 Å². The second-order valence-electron chi connectivity index (χ2n) is 5.77. The van der Waals surface area contributed by atoms with Gasteiger partial charge in [-0.1, -0.05) is 35.5 Å². The molecular formula is C21H17N3O3. The van der Waals surface area contributed by atoms with Crippen molar-refractivity contribution in [2.75, 3.05) is 14.2 Å². The number of pyridine rings is 1. The molecule has 0 aliphatic carbocycles. The standard InChI is InChI=1S/C21H17N3O3/c1-25-18-10-6-4-8-16(18)21-23-19(24-27-21)12-11-15-13-14-7-3-5-9-17(14)22-20(15)26-2/h3-13H,1-2H3/b12-11+. The molecule has 0 atom stereocenters. The zero-order valence-electron chi connectivity index (χ0n) is 14.9. The van der Waals surface area contributed by atoms with Crippen molar-refractivity contribution in [3.63, 3.8) is 0 Å². The second-order valence-corrected chi connectivity index (χ2v) is 5.77. The second kappa shape index (κ2) is 7.29. The first-order valence-corrected chi connectivity index (χ1v) is 8.37. The van der Waals surface area contributed by atoms with E-state index < -0.39 is 0 Å². The van der Waals surface area contributed by atoms with Gasteiger partial charge in [0.25, 0.3) is 5.89 Å². The van der Waals surface area contributed by atoms with Crippen LogP contribution in [0.4, 0.5) is 0 Å². The van der Waals surface area contributed by atoms with E-state index in [9.17, 15) is 0 Å². The number of aromatic nitrogens is 3. The summed E-state index contributed by atoms with van der Waals surface area (Å²) in [6, 6.07) is 17.4. The van der Waals surface area contributed by atoms with Gasteiger partial charge >= 0.3 is 0 Å². The lowest BCUT2D eigenvalue weighted by atomic mass is 10.1. The molecule has 134 valence electrons. The lowest BCUT2D eigenvalue weighted by molar-refractivity contribution is 0.398. The van der Waals surface area contributed by atoms with Gasteiger partial charge in [-0.2, -0.15) is 4.98 Å². The van der Waals surface area contributed by atoms with E-state index in [0.717, 1.165) is 22.0 Å². The fraction of sp³-hybridized carbons (Fsp3) is 0.0952. The molecule has 0 spiro atoms. The molecule has 2 heterocycles. The number of benzene rings is 2. The van der Waals surface area contributed by atoms with Gasteiger partial charge in [0, 0.05) is 10.9 Å². The van der Waals surface area contributed by atoms with Gasteiger partial charge in [-0.25, -0.2) is 4.98 Å². The fourth-order valence-electron chi connectivity index (χ4n) is 2.80. The van der Waals surface area contributed by atoms with E-state index in [-0.39, 0.29) is 0 Å². The average molecular weight is 359 g/mol. The SMILES string of the molecule is COc1ccccc1-c1nc(/C=C/c2cc3ccccc3nc2OC)no1. The van der Waals surface area contributed by atoms with Gasteiger partial charge in [-0.3, -0.25) is 0 Å². The molecule has 4 rings (SSSR count). The van der Waals surface area contributed by atoms with Crippen LogP contribution in [-0.4, -0.2) is 29.3 Å². The van der Waals surface area contributed by atoms with Crippen molar-refractivity contribution in [3.8, 4) is 23.1 Å². The monoisotopic (exact) mass is 359 g/mol. The smallest absolute Gasteiger partial charge is 0.261 e. The molecule has 2 aromatic carbocycles. The molecule has 0 bridgehead atoms. The van der Waals surface area contributed by atoms with Crippen LogP contribution in [0.3, 0.4) is 0 Å². The normalized spacial score (nSPS) is 11.2. The van der Waals surface area contributed by atoms with E-state index >= 15 is 0 Å². The Kier molecular flexibility index (Phi) is 4.53. The fourth-order valence-corrected chi connectivity index (χ4v) is 2.80. The molecule has 2 aromatic heterocycles. The van der Waals surface area contributed by atoms with Gasteiger partial charge in [0.1, 0.15) is 5.75 Å². The Morgan fingerprint density at radius 3 is 2.56 bits per heavy atom. The third-order valence-electron chi connectivity index (χ3n) is 4.10. The van der Waals surface area contributed by atoms with Crippen molar-refractivity contribution in [3.05, 3.63) is 66.0 Å². The van der Waals surface area contributed by atoms with Crippen molar-refractivity contribution >= 4 is 23.1 Å². The Hall–Kier alpha value is -3.67. The van der Waals surface area contributed by atoms with E-state index in [0.29, 0.717) is 23.3 Å². The predicted molar refractivity (Wildman–Crippen MR) is 104 cm³/mol. The average Bonchev–Trinajstić information content (AvgIpc) is 3.20. The van der Waals surface area contributed by atoms with Crippen LogP contribution >= 0.6 is 0 Å². The molecule has 0 amide bonds. The lowest BCUT2D eigenvalue weighted by Crippen LogP contribution is -1.92. The molecule has 0 saturated carbocycles. The summed E-state index contributed by atoms with van der Waals surface area (Å²) in [6.45, 7) is 0. The van der Waals surface area contributed by atoms with Crippen LogP contribution in [0.1, 0.15) is 11.4 Å². The summed E-state index contributed by atoms with van der Waals surface area (Å²) in [4.78, 5) is 8.94. The zero-order valence-corrected chi connectivity index (χ0v) is 14.9. The van der Waals surface area contributed by atoms with E-state index in [1.165, 1.54) is 0 Å². The van der Waals surface area contributed by atoms with Gasteiger partial charge in [-0.05, 0) is 36.4 Å². The van der Waals surface area contributed by atoms with Gasteiger partial charge in [0.05, 0.1) is 25.3 Å². The molecule has 0 fully saturated rings. The largest absolute Gasteiger partial charge is 0.496 e. The van der Waals surface area contributed by atoms with Gasteiger partial charge in [0.2, 0.25) is 5.88 Å². The molecule has 0 saturated heterocycles. The van der Waals surface area contributed by atoms with Crippen LogP contribution in [0.5, 0.6) is 11.6 Å². The van der Waals surface area contributed by atoms with Crippen molar-refractivity contribution in [1.82, 2.24) is 15.1 Å². The Labute approximate surface area is 156 Å². The molecule has 6 nitrogen and oxygen atoms in total. The van der Waals surface area contributed by atoms with Crippen LogP contribution in [0.2, 0.25) is 0 Å². The minimum Gasteiger partial charge on any atom is -0.496 e. The molecule has 0 aliphatic heterocycles. The first-order valence-electron chi connectivity index (χ1n) is 8.37. The van der Waals surface area contributed by atoms with Crippen LogP contribution in [0.25, 0.3) is 34.5 Å². The number of hydrogen-bond donors (Lipinski definition) is 0. The lowest BCUT2D eigenvalue weighted by Gasteiger charge is -2.05. The number of methoxy groups -OCH3 is 2.